The summed E-state index contributed by atoms with van der Waals surface area (Å²) >= 11 is 1.51. The van der Waals surface area contributed by atoms with Gasteiger partial charge in [0.1, 0.15) is 5.01 Å². The Labute approximate surface area is 135 Å². The molecular formula is C16H24N4OS. The number of hydrogen-bond donors (Lipinski definition) is 2. The summed E-state index contributed by atoms with van der Waals surface area (Å²) in [5.41, 5.74) is 0.516. The third-order valence-corrected chi connectivity index (χ3v) is 7.69. The molecule has 0 spiro atoms. The molecule has 5 nitrogen and oxygen atoms in total. The van der Waals surface area contributed by atoms with Crippen molar-refractivity contribution < 1.29 is 4.79 Å². The number of rotatable bonds is 3. The molecule has 1 aromatic rings. The Balaban J connectivity index is 1.40. The molecular weight excluding hydrogens is 296 g/mol. The summed E-state index contributed by atoms with van der Waals surface area (Å²) in [5.74, 6) is 1.31. The number of nitrogens with zero attached hydrogens (tertiary/aromatic N) is 2. The van der Waals surface area contributed by atoms with Crippen molar-refractivity contribution in [1.82, 2.24) is 15.5 Å². The topological polar surface area (TPSA) is 66.9 Å². The summed E-state index contributed by atoms with van der Waals surface area (Å²) in [6.45, 7) is 7.05. The molecule has 2 amide bonds. The summed E-state index contributed by atoms with van der Waals surface area (Å²) < 4.78 is 0. The lowest BCUT2D eigenvalue weighted by Crippen LogP contribution is -2.48. The second kappa shape index (κ2) is 4.66. The third-order valence-electron chi connectivity index (χ3n) is 6.69. The van der Waals surface area contributed by atoms with E-state index in [4.69, 9.17) is 0 Å². The normalized spacial score (nSPS) is 35.6. The van der Waals surface area contributed by atoms with Crippen LogP contribution in [0.2, 0.25) is 0 Å². The first-order chi connectivity index (χ1) is 10.4. The predicted octanol–water partition coefficient (Wildman–Crippen LogP) is 3.75. The highest BCUT2D eigenvalue weighted by molar-refractivity contribution is 7.15. The van der Waals surface area contributed by atoms with Crippen LogP contribution in [0.15, 0.2) is 0 Å². The molecule has 6 heteroatoms. The van der Waals surface area contributed by atoms with Gasteiger partial charge >= 0.3 is 6.03 Å². The van der Waals surface area contributed by atoms with Crippen LogP contribution in [-0.4, -0.2) is 22.3 Å². The van der Waals surface area contributed by atoms with Gasteiger partial charge in [-0.1, -0.05) is 32.1 Å². The van der Waals surface area contributed by atoms with Gasteiger partial charge < -0.3 is 5.32 Å². The van der Waals surface area contributed by atoms with E-state index < -0.39 is 0 Å². The molecule has 0 saturated heterocycles. The number of anilines is 1. The third kappa shape index (κ3) is 2.07. The minimum absolute atomic E-state index is 0.131. The Hall–Kier alpha value is -1.17. The first-order valence-corrected chi connectivity index (χ1v) is 9.13. The quantitative estimate of drug-likeness (QED) is 0.891. The van der Waals surface area contributed by atoms with Crippen LogP contribution >= 0.6 is 11.3 Å². The summed E-state index contributed by atoms with van der Waals surface area (Å²) in [4.78, 5) is 12.3. The number of nitrogens with one attached hydrogen (secondary N) is 2. The maximum Gasteiger partial charge on any atom is 0.321 e. The van der Waals surface area contributed by atoms with E-state index in [-0.39, 0.29) is 17.5 Å². The molecule has 3 atom stereocenters. The van der Waals surface area contributed by atoms with Crippen LogP contribution in [0.5, 0.6) is 0 Å². The number of urea groups is 1. The van der Waals surface area contributed by atoms with Gasteiger partial charge in [-0.05, 0) is 48.9 Å². The highest BCUT2D eigenvalue weighted by Crippen LogP contribution is 2.65. The van der Waals surface area contributed by atoms with Gasteiger partial charge in [0.25, 0.3) is 0 Å². The zero-order valence-corrected chi connectivity index (χ0v) is 14.3. The molecule has 1 heterocycles. The van der Waals surface area contributed by atoms with Gasteiger partial charge in [0.15, 0.2) is 0 Å². The molecule has 2 N–H and O–H groups in total. The minimum atomic E-state index is -0.131. The van der Waals surface area contributed by atoms with Crippen molar-refractivity contribution in [3.8, 4) is 0 Å². The van der Waals surface area contributed by atoms with Gasteiger partial charge in [-0.2, -0.15) is 0 Å². The monoisotopic (exact) mass is 320 g/mol. The van der Waals surface area contributed by atoms with Gasteiger partial charge in [0, 0.05) is 12.0 Å². The molecule has 3 unspecified atom stereocenters. The number of aromatic nitrogens is 2. The Morgan fingerprint density at radius 3 is 2.59 bits per heavy atom. The highest BCUT2D eigenvalue weighted by atomic mass is 32.1. The van der Waals surface area contributed by atoms with Crippen molar-refractivity contribution in [1.29, 1.82) is 0 Å². The lowest BCUT2D eigenvalue weighted by Gasteiger charge is -2.39. The Morgan fingerprint density at radius 2 is 2.00 bits per heavy atom. The molecule has 3 saturated carbocycles. The van der Waals surface area contributed by atoms with Crippen molar-refractivity contribution in [2.45, 2.75) is 64.8 Å². The van der Waals surface area contributed by atoms with E-state index in [9.17, 15) is 4.79 Å². The smallest absolute Gasteiger partial charge is 0.321 e. The molecule has 1 aromatic heterocycles. The van der Waals surface area contributed by atoms with Crippen LogP contribution in [0.4, 0.5) is 9.93 Å². The van der Waals surface area contributed by atoms with E-state index in [1.807, 2.05) is 0 Å². The Kier molecular flexibility index (Phi) is 3.06. The molecule has 2 bridgehead atoms. The molecule has 4 rings (SSSR count). The Morgan fingerprint density at radius 1 is 1.23 bits per heavy atom. The van der Waals surface area contributed by atoms with Gasteiger partial charge in [0.2, 0.25) is 5.13 Å². The van der Waals surface area contributed by atoms with Crippen LogP contribution < -0.4 is 10.6 Å². The molecule has 0 aromatic carbocycles. The van der Waals surface area contributed by atoms with Gasteiger partial charge in [-0.3, -0.25) is 5.32 Å². The van der Waals surface area contributed by atoms with Crippen LogP contribution in [-0.2, 0) is 0 Å². The molecule has 0 radical (unpaired) electrons. The van der Waals surface area contributed by atoms with Crippen molar-refractivity contribution in [2.24, 2.45) is 16.7 Å². The average molecular weight is 320 g/mol. The van der Waals surface area contributed by atoms with Crippen molar-refractivity contribution in [2.75, 3.05) is 5.32 Å². The zero-order valence-electron chi connectivity index (χ0n) is 13.5. The molecule has 0 aliphatic heterocycles. The lowest BCUT2D eigenvalue weighted by molar-refractivity contribution is 0.125. The zero-order chi connectivity index (χ0) is 15.5. The largest absolute Gasteiger partial charge is 0.334 e. The van der Waals surface area contributed by atoms with Crippen molar-refractivity contribution in [3.63, 3.8) is 0 Å². The molecule has 3 aliphatic rings. The highest BCUT2D eigenvalue weighted by Gasteiger charge is 2.61. The summed E-state index contributed by atoms with van der Waals surface area (Å²) in [6.07, 6.45) is 6.01. The first kappa shape index (κ1) is 14.4. The first-order valence-electron chi connectivity index (χ1n) is 8.31. The maximum atomic E-state index is 12.3. The fourth-order valence-corrected chi connectivity index (χ4v) is 5.40. The number of fused-ring (bicyclic) bond motifs is 2. The molecule has 3 aliphatic carbocycles. The van der Waals surface area contributed by atoms with Crippen molar-refractivity contribution in [3.05, 3.63) is 5.01 Å². The fraction of sp³-hybridized carbons (Fsp3) is 0.812. The Bertz CT molecular complexity index is 609. The van der Waals surface area contributed by atoms with Crippen LogP contribution in [0.3, 0.4) is 0 Å². The molecule has 120 valence electrons. The maximum absolute atomic E-state index is 12.3. The van der Waals surface area contributed by atoms with E-state index >= 15 is 0 Å². The van der Waals surface area contributed by atoms with Gasteiger partial charge in [-0.25, -0.2) is 4.79 Å². The number of carbonyl (C=O) groups excluding carboxylic acids is 1. The average Bonchev–Trinajstić information content (AvgIpc) is 3.13. The number of amides is 2. The summed E-state index contributed by atoms with van der Waals surface area (Å²) in [6, 6.07) is 0.130. The van der Waals surface area contributed by atoms with Crippen LogP contribution in [0.25, 0.3) is 0 Å². The second-order valence-corrected chi connectivity index (χ2v) is 8.99. The second-order valence-electron chi connectivity index (χ2n) is 7.98. The fourth-order valence-electron chi connectivity index (χ4n) is 4.49. The van der Waals surface area contributed by atoms with E-state index in [1.165, 1.54) is 37.0 Å². The van der Waals surface area contributed by atoms with Crippen LogP contribution in [0, 0.1) is 16.7 Å². The predicted molar refractivity (Wildman–Crippen MR) is 87.1 cm³/mol. The van der Waals surface area contributed by atoms with Crippen LogP contribution in [0.1, 0.15) is 63.8 Å². The summed E-state index contributed by atoms with van der Waals surface area (Å²) in [7, 11) is 0. The van der Waals surface area contributed by atoms with E-state index in [1.54, 1.807) is 0 Å². The van der Waals surface area contributed by atoms with E-state index in [2.05, 4.69) is 41.6 Å². The van der Waals surface area contributed by atoms with Crippen molar-refractivity contribution >= 4 is 22.5 Å². The lowest BCUT2D eigenvalue weighted by atomic mass is 9.69. The van der Waals surface area contributed by atoms with E-state index in [0.717, 1.165) is 17.3 Å². The SMILES string of the molecule is CC1(C)C2CCC1(C)C(NC(=O)Nc1nnc(C3CC3)s1)C2. The van der Waals surface area contributed by atoms with Gasteiger partial charge in [-0.15, -0.1) is 10.2 Å². The molecule has 22 heavy (non-hydrogen) atoms. The van der Waals surface area contributed by atoms with Gasteiger partial charge in [0.05, 0.1) is 0 Å². The minimum Gasteiger partial charge on any atom is -0.334 e. The number of hydrogen-bond acceptors (Lipinski definition) is 4. The standard InChI is InChI=1S/C16H24N4OS/c1-15(2)10-6-7-16(15,3)11(8-10)17-13(21)18-14-20-19-12(22-14)9-4-5-9/h9-11H,4-8H2,1-3H3,(H2,17,18,20,21). The number of carbonyl (C=O) groups is 1. The van der Waals surface area contributed by atoms with E-state index in [0.29, 0.717) is 16.5 Å². The molecule has 3 fully saturated rings. The summed E-state index contributed by atoms with van der Waals surface area (Å²) in [5, 5.41) is 16.0.